The summed E-state index contributed by atoms with van der Waals surface area (Å²) in [5.74, 6) is -0.707. The Morgan fingerprint density at radius 2 is 2.21 bits per heavy atom. The van der Waals surface area contributed by atoms with E-state index in [4.69, 9.17) is 10.5 Å². The van der Waals surface area contributed by atoms with E-state index >= 15 is 0 Å². The van der Waals surface area contributed by atoms with Gasteiger partial charge in [-0.1, -0.05) is 0 Å². The van der Waals surface area contributed by atoms with E-state index in [9.17, 15) is 14.0 Å². The summed E-state index contributed by atoms with van der Waals surface area (Å²) in [6.07, 6.45) is 1.46. The average molecular weight is 330 g/mol. The van der Waals surface area contributed by atoms with Gasteiger partial charge in [0, 0.05) is 18.3 Å². The molecule has 0 unspecified atom stereocenters. The van der Waals surface area contributed by atoms with Gasteiger partial charge in [0.25, 0.3) is 0 Å². The molecule has 8 heteroatoms. The third-order valence-corrected chi connectivity index (χ3v) is 3.69. The average Bonchev–Trinajstić information content (AvgIpc) is 2.56. The van der Waals surface area contributed by atoms with Gasteiger partial charge in [-0.15, -0.1) is 0 Å². The first kappa shape index (κ1) is 15.7. The number of halogens is 1. The molecule has 2 heterocycles. The first-order valence-electron chi connectivity index (χ1n) is 7.30. The van der Waals surface area contributed by atoms with Crippen molar-refractivity contribution in [2.45, 2.75) is 13.5 Å². The third kappa shape index (κ3) is 2.85. The van der Waals surface area contributed by atoms with Gasteiger partial charge in [-0.25, -0.2) is 14.2 Å². The predicted molar refractivity (Wildman–Crippen MR) is 84.3 cm³/mol. The van der Waals surface area contributed by atoms with E-state index in [-0.39, 0.29) is 17.3 Å². The number of pyridine rings is 1. The number of nitrogens with two attached hydrogens (primary N) is 1. The maximum atomic E-state index is 14.1. The maximum absolute atomic E-state index is 14.1. The van der Waals surface area contributed by atoms with Crippen molar-refractivity contribution in [1.82, 2.24) is 9.88 Å². The number of aromatic nitrogens is 1. The van der Waals surface area contributed by atoms with E-state index in [1.165, 1.54) is 18.3 Å². The predicted octanol–water partition coefficient (Wildman–Crippen LogP) is 2.48. The van der Waals surface area contributed by atoms with Crippen LogP contribution in [0.25, 0.3) is 0 Å². The number of carbonyl (C=O) groups excluding carboxylic acids is 2. The molecule has 0 spiro atoms. The number of primary amides is 1. The first-order chi connectivity index (χ1) is 11.5. The Morgan fingerprint density at radius 3 is 2.88 bits per heavy atom. The van der Waals surface area contributed by atoms with Gasteiger partial charge >= 0.3 is 6.03 Å². The summed E-state index contributed by atoms with van der Waals surface area (Å²) in [5.41, 5.74) is 5.83. The van der Waals surface area contributed by atoms with Crippen molar-refractivity contribution in [3.05, 3.63) is 47.4 Å². The molecule has 24 heavy (non-hydrogen) atoms. The number of nitrogens with one attached hydrogen (secondary N) is 1. The number of hydrogen-bond acceptors (Lipinski definition) is 4. The fourth-order valence-corrected chi connectivity index (χ4v) is 2.38. The molecule has 0 aliphatic carbocycles. The summed E-state index contributed by atoms with van der Waals surface area (Å²) < 4.78 is 19.7. The highest BCUT2D eigenvalue weighted by Crippen LogP contribution is 2.33. The Morgan fingerprint density at radius 1 is 1.42 bits per heavy atom. The SMILES string of the molecule is CCN1Cc2c(Oc3ccc(C(N)=O)cc3F)ccnc2NC1=O. The highest BCUT2D eigenvalue weighted by atomic mass is 19.1. The Hall–Kier alpha value is -3.16. The first-order valence-corrected chi connectivity index (χ1v) is 7.30. The van der Waals surface area contributed by atoms with Crippen molar-refractivity contribution in [1.29, 1.82) is 0 Å². The minimum atomic E-state index is -0.719. The van der Waals surface area contributed by atoms with Crippen LogP contribution in [0, 0.1) is 5.82 Å². The van der Waals surface area contributed by atoms with Gasteiger partial charge in [0.2, 0.25) is 5.91 Å². The van der Waals surface area contributed by atoms with Crippen LogP contribution >= 0.6 is 0 Å². The minimum absolute atomic E-state index is 0.0478. The number of benzene rings is 1. The molecule has 0 saturated carbocycles. The summed E-state index contributed by atoms with van der Waals surface area (Å²) in [7, 11) is 0. The molecule has 1 aliphatic heterocycles. The second-order valence-electron chi connectivity index (χ2n) is 5.19. The smallest absolute Gasteiger partial charge is 0.323 e. The molecule has 1 aromatic heterocycles. The van der Waals surface area contributed by atoms with E-state index < -0.39 is 11.7 Å². The lowest BCUT2D eigenvalue weighted by molar-refractivity contribution is 0.1000. The highest BCUT2D eigenvalue weighted by molar-refractivity contribution is 5.93. The number of carbonyl (C=O) groups is 2. The van der Waals surface area contributed by atoms with E-state index in [1.807, 2.05) is 6.92 Å². The van der Waals surface area contributed by atoms with Crippen molar-refractivity contribution in [3.63, 3.8) is 0 Å². The molecular formula is C16H15FN4O3. The number of fused-ring (bicyclic) bond motifs is 1. The molecule has 0 bridgehead atoms. The van der Waals surface area contributed by atoms with Crippen LogP contribution in [0.1, 0.15) is 22.8 Å². The lowest BCUT2D eigenvalue weighted by atomic mass is 10.1. The number of urea groups is 1. The van der Waals surface area contributed by atoms with Crippen LogP contribution in [0.5, 0.6) is 11.5 Å². The van der Waals surface area contributed by atoms with Gasteiger partial charge in [-0.3, -0.25) is 10.1 Å². The molecule has 3 N–H and O–H groups in total. The summed E-state index contributed by atoms with van der Waals surface area (Å²) >= 11 is 0. The van der Waals surface area contributed by atoms with Gasteiger partial charge in [0.1, 0.15) is 11.6 Å². The van der Waals surface area contributed by atoms with Crippen LogP contribution in [0.3, 0.4) is 0 Å². The van der Waals surface area contributed by atoms with Gasteiger partial charge in [-0.2, -0.15) is 0 Å². The minimum Gasteiger partial charge on any atom is -0.454 e. The van der Waals surface area contributed by atoms with Crippen LogP contribution < -0.4 is 15.8 Å². The van der Waals surface area contributed by atoms with Crippen LogP contribution in [0.2, 0.25) is 0 Å². The highest BCUT2D eigenvalue weighted by Gasteiger charge is 2.25. The van der Waals surface area contributed by atoms with Crippen molar-refractivity contribution in [2.75, 3.05) is 11.9 Å². The zero-order valence-corrected chi connectivity index (χ0v) is 12.9. The zero-order valence-electron chi connectivity index (χ0n) is 12.9. The zero-order chi connectivity index (χ0) is 17.3. The van der Waals surface area contributed by atoms with Gasteiger partial charge in [0.05, 0.1) is 12.1 Å². The number of anilines is 1. The molecule has 1 aromatic carbocycles. The normalized spacial score (nSPS) is 13.2. The molecular weight excluding hydrogens is 315 g/mol. The summed E-state index contributed by atoms with van der Waals surface area (Å²) in [6.45, 7) is 2.67. The largest absolute Gasteiger partial charge is 0.454 e. The van der Waals surface area contributed by atoms with Crippen LogP contribution in [0.15, 0.2) is 30.5 Å². The quantitative estimate of drug-likeness (QED) is 0.900. The van der Waals surface area contributed by atoms with Crippen LogP contribution in [-0.4, -0.2) is 28.4 Å². The van der Waals surface area contributed by atoms with E-state index in [0.29, 0.717) is 30.2 Å². The number of nitrogens with zero attached hydrogens (tertiary/aromatic N) is 2. The molecule has 124 valence electrons. The van der Waals surface area contributed by atoms with Crippen molar-refractivity contribution in [2.24, 2.45) is 5.73 Å². The molecule has 7 nitrogen and oxygen atoms in total. The monoisotopic (exact) mass is 330 g/mol. The topological polar surface area (TPSA) is 97.6 Å². The van der Waals surface area contributed by atoms with Crippen LogP contribution in [-0.2, 0) is 6.54 Å². The van der Waals surface area contributed by atoms with Gasteiger partial charge in [0.15, 0.2) is 11.6 Å². The Balaban J connectivity index is 1.93. The summed E-state index contributed by atoms with van der Waals surface area (Å²) in [6, 6.07) is 5.08. The fraction of sp³-hybridized carbons (Fsp3) is 0.188. The Bertz CT molecular complexity index is 825. The molecule has 0 saturated heterocycles. The molecule has 0 atom stereocenters. The van der Waals surface area contributed by atoms with E-state index in [2.05, 4.69) is 10.3 Å². The standard InChI is InChI=1S/C16H15FN4O3/c1-2-21-8-10-12(5-6-19-15(10)20-16(21)23)24-13-4-3-9(14(18)22)7-11(13)17/h3-7H,2,8H2,1H3,(H2,18,22)(H,19,20,23). The van der Waals surface area contributed by atoms with E-state index in [0.717, 1.165) is 6.07 Å². The number of amides is 3. The van der Waals surface area contributed by atoms with Crippen molar-refractivity contribution < 1.29 is 18.7 Å². The molecule has 0 radical (unpaired) electrons. The summed E-state index contributed by atoms with van der Waals surface area (Å²) in [5, 5.41) is 2.67. The molecule has 0 fully saturated rings. The van der Waals surface area contributed by atoms with Crippen molar-refractivity contribution >= 4 is 17.8 Å². The van der Waals surface area contributed by atoms with Gasteiger partial charge < -0.3 is 15.4 Å². The second kappa shape index (κ2) is 6.15. The lowest BCUT2D eigenvalue weighted by Gasteiger charge is -2.28. The van der Waals surface area contributed by atoms with Crippen LogP contribution in [0.4, 0.5) is 15.0 Å². The van der Waals surface area contributed by atoms with E-state index in [1.54, 1.807) is 11.0 Å². The fourth-order valence-electron chi connectivity index (χ4n) is 2.38. The Labute approximate surface area is 137 Å². The third-order valence-electron chi connectivity index (χ3n) is 3.69. The Kier molecular flexibility index (Phi) is 4.03. The molecule has 3 rings (SSSR count). The van der Waals surface area contributed by atoms with Gasteiger partial charge in [-0.05, 0) is 31.2 Å². The number of ether oxygens (including phenoxy) is 1. The molecule has 1 aliphatic rings. The maximum Gasteiger partial charge on any atom is 0.323 e. The molecule has 3 amide bonds. The second-order valence-corrected chi connectivity index (χ2v) is 5.19. The molecule has 2 aromatic rings. The van der Waals surface area contributed by atoms with Crippen molar-refractivity contribution in [3.8, 4) is 11.5 Å². The summed E-state index contributed by atoms with van der Waals surface area (Å²) in [4.78, 5) is 28.6. The lowest BCUT2D eigenvalue weighted by Crippen LogP contribution is -2.38. The number of rotatable bonds is 4. The number of hydrogen-bond donors (Lipinski definition) is 2.